The summed E-state index contributed by atoms with van der Waals surface area (Å²) in [6.45, 7) is 8.24. The lowest BCUT2D eigenvalue weighted by Crippen LogP contribution is -2.46. The van der Waals surface area contributed by atoms with Crippen LogP contribution in [0.2, 0.25) is 0 Å². The summed E-state index contributed by atoms with van der Waals surface area (Å²) in [5, 5.41) is 12.2. The first kappa shape index (κ1) is 17.4. The van der Waals surface area contributed by atoms with Crippen molar-refractivity contribution in [3.63, 3.8) is 0 Å². The number of hydrogen-bond donors (Lipinski definition) is 2. The normalized spacial score (nSPS) is 18.5. The number of nitrogens with one attached hydrogen (secondary N) is 1. The summed E-state index contributed by atoms with van der Waals surface area (Å²) in [6.07, 6.45) is 6.48. The first-order valence-electron chi connectivity index (χ1n) is 8.16. The predicted octanol–water partition coefficient (Wildman–Crippen LogP) is 2.02. The summed E-state index contributed by atoms with van der Waals surface area (Å²) >= 11 is 0. The van der Waals surface area contributed by atoms with Gasteiger partial charge >= 0.3 is 0 Å². The van der Waals surface area contributed by atoms with E-state index in [9.17, 15) is 9.90 Å². The van der Waals surface area contributed by atoms with Crippen molar-refractivity contribution >= 4 is 5.91 Å². The molecule has 0 aromatic carbocycles. The zero-order valence-electron chi connectivity index (χ0n) is 13.4. The summed E-state index contributed by atoms with van der Waals surface area (Å²) in [5.74, 6) is 1.23. The number of hydrogen-bond acceptors (Lipinski definition) is 3. The Bertz CT molecular complexity index is 276. The van der Waals surface area contributed by atoms with Gasteiger partial charge in [-0.3, -0.25) is 9.69 Å². The number of carbonyl (C=O) groups is 1. The molecule has 0 heterocycles. The lowest BCUT2D eigenvalue weighted by molar-refractivity contribution is -0.123. The van der Waals surface area contributed by atoms with E-state index in [-0.39, 0.29) is 12.5 Å². The van der Waals surface area contributed by atoms with E-state index in [0.29, 0.717) is 31.0 Å². The molecule has 0 bridgehead atoms. The summed E-state index contributed by atoms with van der Waals surface area (Å²) < 4.78 is 0. The smallest absolute Gasteiger partial charge is 0.234 e. The van der Waals surface area contributed by atoms with Gasteiger partial charge in [-0.25, -0.2) is 0 Å². The standard InChI is InChI=1S/C16H32N2O2/c1-13(2)11-17-16(20)12-18(9-10-19)14(3)15-7-5-4-6-8-15/h13-15,19H,4-12H2,1-3H3,(H,17,20)/t14-/m0/s1. The van der Waals surface area contributed by atoms with Gasteiger partial charge in [0.15, 0.2) is 0 Å². The summed E-state index contributed by atoms with van der Waals surface area (Å²) in [7, 11) is 0. The third-order valence-electron chi connectivity index (χ3n) is 4.35. The zero-order valence-corrected chi connectivity index (χ0v) is 13.4. The third-order valence-corrected chi connectivity index (χ3v) is 4.35. The summed E-state index contributed by atoms with van der Waals surface area (Å²) in [5.41, 5.74) is 0. The van der Waals surface area contributed by atoms with Crippen molar-refractivity contribution in [3.05, 3.63) is 0 Å². The fraction of sp³-hybridized carbons (Fsp3) is 0.938. The van der Waals surface area contributed by atoms with Crippen LogP contribution in [-0.4, -0.2) is 48.2 Å². The van der Waals surface area contributed by atoms with E-state index in [1.165, 1.54) is 32.1 Å². The fourth-order valence-electron chi connectivity index (χ4n) is 3.03. The summed E-state index contributed by atoms with van der Waals surface area (Å²) in [6, 6.07) is 0.382. The number of rotatable bonds is 8. The number of aliphatic hydroxyl groups is 1. The van der Waals surface area contributed by atoms with Crippen LogP contribution in [0.4, 0.5) is 0 Å². The van der Waals surface area contributed by atoms with E-state index < -0.39 is 0 Å². The van der Waals surface area contributed by atoms with Gasteiger partial charge in [0.25, 0.3) is 0 Å². The maximum atomic E-state index is 12.0. The van der Waals surface area contributed by atoms with Gasteiger partial charge in [0.1, 0.15) is 0 Å². The van der Waals surface area contributed by atoms with Crippen LogP contribution in [0.25, 0.3) is 0 Å². The molecule has 0 saturated heterocycles. The number of carbonyl (C=O) groups excluding carboxylic acids is 1. The second-order valence-electron chi connectivity index (χ2n) is 6.53. The van der Waals surface area contributed by atoms with Crippen molar-refractivity contribution in [2.24, 2.45) is 11.8 Å². The van der Waals surface area contributed by atoms with E-state index in [1.807, 2.05) is 0 Å². The Balaban J connectivity index is 2.46. The molecule has 1 atom stereocenters. The third kappa shape index (κ3) is 6.23. The number of amides is 1. The molecule has 4 heteroatoms. The Morgan fingerprint density at radius 3 is 2.45 bits per heavy atom. The molecule has 1 rings (SSSR count). The maximum absolute atomic E-state index is 12.0. The van der Waals surface area contributed by atoms with E-state index in [2.05, 4.69) is 31.0 Å². The molecule has 0 radical (unpaired) electrons. The molecule has 2 N–H and O–H groups in total. The minimum atomic E-state index is 0.0785. The zero-order chi connectivity index (χ0) is 15.0. The molecule has 0 aromatic heterocycles. The molecule has 0 aromatic rings. The van der Waals surface area contributed by atoms with Crippen LogP contribution in [0.1, 0.15) is 52.9 Å². The molecule has 20 heavy (non-hydrogen) atoms. The van der Waals surface area contributed by atoms with Gasteiger partial charge in [-0.2, -0.15) is 0 Å². The molecule has 0 aliphatic heterocycles. The molecule has 1 saturated carbocycles. The molecule has 1 fully saturated rings. The van der Waals surface area contributed by atoms with E-state index in [4.69, 9.17) is 0 Å². The fourth-order valence-corrected chi connectivity index (χ4v) is 3.03. The Kier molecular flexibility index (Phi) is 8.15. The average molecular weight is 284 g/mol. The minimum Gasteiger partial charge on any atom is -0.395 e. The topological polar surface area (TPSA) is 52.6 Å². The van der Waals surface area contributed by atoms with Crippen LogP contribution < -0.4 is 5.32 Å². The molecular weight excluding hydrogens is 252 g/mol. The van der Waals surface area contributed by atoms with Gasteiger partial charge in [0.05, 0.1) is 13.2 Å². The van der Waals surface area contributed by atoms with E-state index >= 15 is 0 Å². The monoisotopic (exact) mass is 284 g/mol. The van der Waals surface area contributed by atoms with Crippen LogP contribution >= 0.6 is 0 Å². The highest BCUT2D eigenvalue weighted by molar-refractivity contribution is 5.78. The highest BCUT2D eigenvalue weighted by Crippen LogP contribution is 2.28. The Labute approximate surface area is 123 Å². The van der Waals surface area contributed by atoms with Gasteiger partial charge in [-0.15, -0.1) is 0 Å². The Morgan fingerprint density at radius 1 is 1.25 bits per heavy atom. The van der Waals surface area contributed by atoms with Gasteiger partial charge < -0.3 is 10.4 Å². The number of aliphatic hydroxyl groups excluding tert-OH is 1. The van der Waals surface area contributed by atoms with Crippen LogP contribution in [0.3, 0.4) is 0 Å². The Hall–Kier alpha value is -0.610. The van der Waals surface area contributed by atoms with Crippen LogP contribution in [-0.2, 0) is 4.79 Å². The molecule has 1 aliphatic rings. The molecule has 118 valence electrons. The van der Waals surface area contributed by atoms with Crippen LogP contribution in [0.5, 0.6) is 0 Å². The van der Waals surface area contributed by atoms with Crippen molar-refractivity contribution < 1.29 is 9.90 Å². The molecule has 0 unspecified atom stereocenters. The highest BCUT2D eigenvalue weighted by atomic mass is 16.3. The van der Waals surface area contributed by atoms with Crippen molar-refractivity contribution in [1.82, 2.24) is 10.2 Å². The van der Waals surface area contributed by atoms with Gasteiger partial charge in [0, 0.05) is 19.1 Å². The van der Waals surface area contributed by atoms with Crippen molar-refractivity contribution in [3.8, 4) is 0 Å². The molecule has 4 nitrogen and oxygen atoms in total. The second kappa shape index (κ2) is 9.35. The van der Waals surface area contributed by atoms with Crippen LogP contribution in [0.15, 0.2) is 0 Å². The second-order valence-corrected chi connectivity index (χ2v) is 6.53. The molecule has 1 amide bonds. The first-order valence-corrected chi connectivity index (χ1v) is 8.16. The predicted molar refractivity (Wildman–Crippen MR) is 82.5 cm³/mol. The SMILES string of the molecule is CC(C)CNC(=O)CN(CCO)[C@@H](C)C1CCCCC1. The Morgan fingerprint density at radius 2 is 1.90 bits per heavy atom. The number of nitrogens with zero attached hydrogens (tertiary/aromatic N) is 1. The first-order chi connectivity index (χ1) is 9.54. The van der Waals surface area contributed by atoms with E-state index in [0.717, 1.165) is 6.54 Å². The van der Waals surface area contributed by atoms with Gasteiger partial charge in [0.2, 0.25) is 5.91 Å². The lowest BCUT2D eigenvalue weighted by Gasteiger charge is -2.36. The van der Waals surface area contributed by atoms with Gasteiger partial charge in [-0.05, 0) is 31.6 Å². The molecule has 1 aliphatic carbocycles. The lowest BCUT2D eigenvalue weighted by atomic mass is 9.84. The largest absolute Gasteiger partial charge is 0.395 e. The molecular formula is C16H32N2O2. The average Bonchev–Trinajstić information content (AvgIpc) is 2.45. The van der Waals surface area contributed by atoms with Crippen molar-refractivity contribution in [1.29, 1.82) is 0 Å². The van der Waals surface area contributed by atoms with Crippen LogP contribution in [0, 0.1) is 11.8 Å². The maximum Gasteiger partial charge on any atom is 0.234 e. The minimum absolute atomic E-state index is 0.0785. The van der Waals surface area contributed by atoms with Gasteiger partial charge in [-0.1, -0.05) is 33.1 Å². The summed E-state index contributed by atoms with van der Waals surface area (Å²) in [4.78, 5) is 14.1. The quantitative estimate of drug-likeness (QED) is 0.717. The van der Waals surface area contributed by atoms with E-state index in [1.54, 1.807) is 0 Å². The van der Waals surface area contributed by atoms with Crippen molar-refractivity contribution in [2.45, 2.75) is 58.9 Å². The molecule has 0 spiro atoms. The highest BCUT2D eigenvalue weighted by Gasteiger charge is 2.26. The van der Waals surface area contributed by atoms with Crippen molar-refractivity contribution in [2.75, 3.05) is 26.2 Å².